The number of carbonyl (C=O) groups excluding carboxylic acids is 2. The molecule has 5 nitrogen and oxygen atoms in total. The van der Waals surface area contributed by atoms with Crippen LogP contribution in [0.4, 0.5) is 9.18 Å². The second kappa shape index (κ2) is 7.89. The number of urea groups is 1. The molecule has 2 atom stereocenters. The summed E-state index contributed by atoms with van der Waals surface area (Å²) < 4.78 is 13.2. The van der Waals surface area contributed by atoms with Crippen molar-refractivity contribution in [2.45, 2.75) is 32.1 Å². The van der Waals surface area contributed by atoms with Crippen molar-refractivity contribution in [1.82, 2.24) is 15.1 Å². The maximum absolute atomic E-state index is 13.2. The van der Waals surface area contributed by atoms with Crippen LogP contribution in [0.2, 0.25) is 5.02 Å². The molecule has 0 spiro atoms. The molecule has 2 saturated heterocycles. The summed E-state index contributed by atoms with van der Waals surface area (Å²) in [5.41, 5.74) is 1.66. The van der Waals surface area contributed by atoms with Gasteiger partial charge in [-0.05, 0) is 54.8 Å². The highest BCUT2D eigenvalue weighted by Gasteiger charge is 2.46. The summed E-state index contributed by atoms with van der Waals surface area (Å²) in [4.78, 5) is 29.3. The van der Waals surface area contributed by atoms with Gasteiger partial charge >= 0.3 is 6.03 Å². The van der Waals surface area contributed by atoms with E-state index < -0.39 is 0 Å². The summed E-state index contributed by atoms with van der Waals surface area (Å²) in [5.74, 6) is -0.742. The molecule has 28 heavy (non-hydrogen) atoms. The fourth-order valence-corrected chi connectivity index (χ4v) is 4.02. The molecule has 7 heteroatoms. The minimum Gasteiger partial charge on any atom is -0.304 e. The van der Waals surface area contributed by atoms with E-state index in [0.717, 1.165) is 30.5 Å². The second-order valence-electron chi connectivity index (χ2n) is 7.24. The third-order valence-corrected chi connectivity index (χ3v) is 5.59. The van der Waals surface area contributed by atoms with Gasteiger partial charge in [0.15, 0.2) is 0 Å². The van der Waals surface area contributed by atoms with E-state index in [-0.39, 0.29) is 36.4 Å². The lowest BCUT2D eigenvalue weighted by Gasteiger charge is -2.47. The second-order valence-corrected chi connectivity index (χ2v) is 7.67. The van der Waals surface area contributed by atoms with Crippen molar-refractivity contribution in [2.24, 2.45) is 5.92 Å². The number of carbonyl (C=O) groups is 2. The van der Waals surface area contributed by atoms with E-state index in [1.54, 1.807) is 29.2 Å². The average molecular weight is 402 g/mol. The van der Waals surface area contributed by atoms with Crippen molar-refractivity contribution < 1.29 is 14.0 Å². The van der Waals surface area contributed by atoms with Crippen molar-refractivity contribution in [3.63, 3.8) is 0 Å². The summed E-state index contributed by atoms with van der Waals surface area (Å²) in [6.45, 7) is 1.29. The van der Waals surface area contributed by atoms with Crippen molar-refractivity contribution in [3.8, 4) is 0 Å². The Balaban J connectivity index is 1.61. The Morgan fingerprint density at radius 1 is 1.00 bits per heavy atom. The lowest BCUT2D eigenvalue weighted by molar-refractivity contribution is -0.142. The molecular weight excluding hydrogens is 381 g/mol. The van der Waals surface area contributed by atoms with Crippen LogP contribution in [-0.4, -0.2) is 34.4 Å². The van der Waals surface area contributed by atoms with Gasteiger partial charge in [0.2, 0.25) is 5.91 Å². The molecule has 2 aliphatic rings. The van der Waals surface area contributed by atoms with Crippen LogP contribution in [0.5, 0.6) is 0 Å². The molecule has 1 N–H and O–H groups in total. The summed E-state index contributed by atoms with van der Waals surface area (Å²) in [6.07, 6.45) is 1.29. The monoisotopic (exact) mass is 401 g/mol. The van der Waals surface area contributed by atoms with Crippen LogP contribution in [0.3, 0.4) is 0 Å². The molecule has 0 radical (unpaired) electrons. The highest BCUT2D eigenvalue weighted by atomic mass is 35.5. The number of halogens is 2. The first-order chi connectivity index (χ1) is 13.5. The number of amides is 3. The van der Waals surface area contributed by atoms with Crippen LogP contribution in [0.1, 0.15) is 24.0 Å². The van der Waals surface area contributed by atoms with Crippen molar-refractivity contribution in [1.29, 1.82) is 0 Å². The van der Waals surface area contributed by atoms with E-state index in [4.69, 9.17) is 11.6 Å². The Kier molecular flexibility index (Phi) is 5.33. The van der Waals surface area contributed by atoms with Gasteiger partial charge in [0.1, 0.15) is 5.82 Å². The van der Waals surface area contributed by atoms with Gasteiger partial charge in [-0.25, -0.2) is 9.18 Å². The Hall–Kier alpha value is -2.44. The largest absolute Gasteiger partial charge is 0.328 e. The summed E-state index contributed by atoms with van der Waals surface area (Å²) in [6, 6.07) is 12.9. The van der Waals surface area contributed by atoms with Crippen molar-refractivity contribution >= 4 is 23.5 Å². The highest BCUT2D eigenvalue weighted by molar-refractivity contribution is 6.30. The molecule has 2 unspecified atom stereocenters. The lowest BCUT2D eigenvalue weighted by Crippen LogP contribution is -2.66. The van der Waals surface area contributed by atoms with Gasteiger partial charge in [0.05, 0.1) is 18.6 Å². The van der Waals surface area contributed by atoms with E-state index in [2.05, 4.69) is 5.32 Å². The van der Waals surface area contributed by atoms with Crippen LogP contribution >= 0.6 is 11.6 Å². The van der Waals surface area contributed by atoms with Gasteiger partial charge in [0.25, 0.3) is 0 Å². The van der Waals surface area contributed by atoms with Crippen LogP contribution < -0.4 is 5.32 Å². The molecule has 0 aromatic heterocycles. The van der Waals surface area contributed by atoms with Crippen LogP contribution in [-0.2, 0) is 17.9 Å². The first-order valence-corrected chi connectivity index (χ1v) is 9.75. The third-order valence-electron chi connectivity index (χ3n) is 5.34. The number of piperidine rings is 1. The van der Waals surface area contributed by atoms with Gasteiger partial charge < -0.3 is 4.90 Å². The minimum atomic E-state index is -0.333. The maximum Gasteiger partial charge on any atom is 0.328 e. The Bertz CT molecular complexity index is 872. The zero-order chi connectivity index (χ0) is 19.7. The number of imide groups is 1. The normalized spacial score (nSPS) is 22.4. The summed E-state index contributed by atoms with van der Waals surface area (Å²) >= 11 is 5.94. The molecule has 146 valence electrons. The van der Waals surface area contributed by atoms with Crippen LogP contribution in [0.15, 0.2) is 48.5 Å². The fourth-order valence-electron chi connectivity index (χ4n) is 3.90. The predicted octanol–water partition coefficient (Wildman–Crippen LogP) is 3.77. The number of fused-ring (bicyclic) bond motifs is 1. The lowest BCUT2D eigenvalue weighted by atomic mass is 9.91. The van der Waals surface area contributed by atoms with Gasteiger partial charge in [-0.1, -0.05) is 35.9 Å². The summed E-state index contributed by atoms with van der Waals surface area (Å²) in [7, 11) is 0. The molecular formula is C21H21ClFN3O2. The topological polar surface area (TPSA) is 52.7 Å². The van der Waals surface area contributed by atoms with Gasteiger partial charge in [-0.2, -0.15) is 0 Å². The molecule has 0 bridgehead atoms. The van der Waals surface area contributed by atoms with E-state index >= 15 is 0 Å². The smallest absolute Gasteiger partial charge is 0.304 e. The maximum atomic E-state index is 13.2. The minimum absolute atomic E-state index is 0.146. The fraction of sp³-hybridized carbons (Fsp3) is 0.333. The highest BCUT2D eigenvalue weighted by Crippen LogP contribution is 2.30. The molecule has 0 saturated carbocycles. The van der Waals surface area contributed by atoms with E-state index in [9.17, 15) is 14.0 Å². The number of hydrogen-bond acceptors (Lipinski definition) is 3. The molecule has 3 amide bonds. The zero-order valence-corrected chi connectivity index (χ0v) is 16.0. The van der Waals surface area contributed by atoms with E-state index in [1.807, 2.05) is 12.1 Å². The van der Waals surface area contributed by atoms with Crippen molar-refractivity contribution in [3.05, 3.63) is 70.5 Å². The molecule has 2 heterocycles. The first-order valence-electron chi connectivity index (χ1n) is 9.37. The number of benzene rings is 2. The number of nitrogens with zero attached hydrogens (tertiary/aromatic N) is 2. The Labute approximate surface area is 168 Å². The molecule has 0 aliphatic carbocycles. The van der Waals surface area contributed by atoms with Crippen molar-refractivity contribution in [2.75, 3.05) is 6.54 Å². The molecule has 2 aromatic rings. The quantitative estimate of drug-likeness (QED) is 0.848. The zero-order valence-electron chi connectivity index (χ0n) is 15.3. The SMILES string of the molecule is O=C1C2CCCNC2N(Cc2ccc(F)cc2)C(=O)N1Cc1ccc(Cl)cc1. The molecule has 2 aromatic carbocycles. The molecule has 2 fully saturated rings. The summed E-state index contributed by atoms with van der Waals surface area (Å²) in [5, 5.41) is 3.93. The van der Waals surface area contributed by atoms with E-state index in [0.29, 0.717) is 11.6 Å². The standard InChI is InChI=1S/C21H21ClFN3O2/c22-16-7-3-14(4-8-16)13-26-20(27)18-2-1-11-24-19(18)25(21(26)28)12-15-5-9-17(23)10-6-15/h3-10,18-19,24H,1-2,11-13H2. The van der Waals surface area contributed by atoms with Gasteiger partial charge in [-0.15, -0.1) is 0 Å². The predicted molar refractivity (Wildman–Crippen MR) is 104 cm³/mol. The van der Waals surface area contributed by atoms with Gasteiger partial charge in [0, 0.05) is 11.6 Å². The van der Waals surface area contributed by atoms with E-state index in [1.165, 1.54) is 17.0 Å². The molecule has 4 rings (SSSR count). The Morgan fingerprint density at radius 3 is 2.36 bits per heavy atom. The van der Waals surface area contributed by atoms with Crippen LogP contribution in [0, 0.1) is 11.7 Å². The number of hydrogen-bond donors (Lipinski definition) is 1. The number of rotatable bonds is 4. The third kappa shape index (κ3) is 3.75. The molecule has 2 aliphatic heterocycles. The average Bonchev–Trinajstić information content (AvgIpc) is 2.71. The van der Waals surface area contributed by atoms with Crippen LogP contribution in [0.25, 0.3) is 0 Å². The van der Waals surface area contributed by atoms with Gasteiger partial charge in [-0.3, -0.25) is 15.0 Å². The number of nitrogens with one attached hydrogen (secondary N) is 1. The Morgan fingerprint density at radius 2 is 1.64 bits per heavy atom. The first kappa shape index (κ1) is 18.9.